The van der Waals surface area contributed by atoms with E-state index in [2.05, 4.69) is 20.9 Å². The zero-order chi connectivity index (χ0) is 17.7. The van der Waals surface area contributed by atoms with E-state index < -0.39 is 0 Å². The van der Waals surface area contributed by atoms with Gasteiger partial charge in [-0.2, -0.15) is 5.26 Å². The van der Waals surface area contributed by atoms with Crippen molar-refractivity contribution in [1.82, 2.24) is 9.88 Å². The number of hydrogen-bond acceptors (Lipinski definition) is 6. The minimum atomic E-state index is 0.0126. The van der Waals surface area contributed by atoms with Crippen LogP contribution in [0.1, 0.15) is 30.6 Å². The molecule has 7 heteroatoms. The van der Waals surface area contributed by atoms with E-state index in [1.165, 1.54) is 6.92 Å². The average Bonchev–Trinajstić information content (AvgIpc) is 2.81. The summed E-state index contributed by atoms with van der Waals surface area (Å²) in [6.45, 7) is 6.65. The first kappa shape index (κ1) is 17.9. The number of nitrogens with zero attached hydrogens (tertiary/aromatic N) is 4. The number of pyridine rings is 1. The Morgan fingerprint density at radius 3 is 2.58 bits per heavy atom. The van der Waals surface area contributed by atoms with E-state index in [9.17, 15) is 10.1 Å². The summed E-state index contributed by atoms with van der Waals surface area (Å²) in [5, 5.41) is 9.22. The lowest BCUT2D eigenvalue weighted by atomic mass is 10.2. The van der Waals surface area contributed by atoms with E-state index in [1.807, 2.05) is 13.0 Å². The van der Waals surface area contributed by atoms with E-state index in [4.69, 9.17) is 18.0 Å². The number of anilines is 1. The maximum atomic E-state index is 11.3. The molecule has 0 radical (unpaired) electrons. The fraction of sp³-hybridized carbons (Fsp3) is 0.412. The lowest BCUT2D eigenvalue weighted by molar-refractivity contribution is 0.101. The number of aromatic nitrogens is 1. The number of nitrogens with two attached hydrogens (primary N) is 1. The number of allylic oxidation sites excluding steroid dienone is 1. The second kappa shape index (κ2) is 7.88. The molecular formula is C17H21N5OS. The monoisotopic (exact) mass is 343 g/mol. The Hall–Kier alpha value is -2.46. The van der Waals surface area contributed by atoms with Crippen LogP contribution in [0.25, 0.3) is 0 Å². The molecular weight excluding hydrogens is 322 g/mol. The molecule has 1 aromatic rings. The number of hydrogen-bond donors (Lipinski definition) is 1. The van der Waals surface area contributed by atoms with E-state index >= 15 is 0 Å². The van der Waals surface area contributed by atoms with Gasteiger partial charge in [0, 0.05) is 43.6 Å². The minimum Gasteiger partial charge on any atom is -0.389 e. The van der Waals surface area contributed by atoms with Crippen LogP contribution in [0.4, 0.5) is 5.82 Å². The van der Waals surface area contributed by atoms with Crippen molar-refractivity contribution in [2.45, 2.75) is 20.3 Å². The van der Waals surface area contributed by atoms with Crippen LogP contribution in [0.15, 0.2) is 29.6 Å². The van der Waals surface area contributed by atoms with Gasteiger partial charge in [-0.3, -0.25) is 4.79 Å². The molecule has 0 spiro atoms. The molecule has 1 fully saturated rings. The molecule has 2 rings (SSSR count). The van der Waals surface area contributed by atoms with Crippen molar-refractivity contribution in [3.8, 4) is 6.07 Å². The van der Waals surface area contributed by atoms with Crippen molar-refractivity contribution < 1.29 is 4.79 Å². The molecule has 0 unspecified atom stereocenters. The highest BCUT2D eigenvalue weighted by Gasteiger charge is 2.19. The number of thiocarbonyl (C=S) groups is 1. The number of ketones is 1. The van der Waals surface area contributed by atoms with Crippen molar-refractivity contribution in [3.05, 3.63) is 35.2 Å². The summed E-state index contributed by atoms with van der Waals surface area (Å²) in [5.41, 5.74) is 7.45. The molecule has 0 aliphatic carbocycles. The topological polar surface area (TPSA) is 86.2 Å². The van der Waals surface area contributed by atoms with Gasteiger partial charge in [0.05, 0.1) is 0 Å². The molecule has 0 bridgehead atoms. The van der Waals surface area contributed by atoms with Crippen LogP contribution in [0, 0.1) is 11.3 Å². The lowest BCUT2D eigenvalue weighted by Gasteiger charge is -2.25. The Labute approximate surface area is 147 Å². The molecule has 0 atom stereocenters. The highest BCUT2D eigenvalue weighted by Crippen LogP contribution is 2.18. The number of rotatable bonds is 4. The first-order valence-electron chi connectivity index (χ1n) is 7.81. The SMILES string of the molecule is CC(=O)c1ccc(N2CCCN(C(C)=C(C#N)C(N)=S)CC2)nc1. The smallest absolute Gasteiger partial charge is 0.161 e. The molecule has 2 heterocycles. The van der Waals surface area contributed by atoms with Gasteiger partial charge in [-0.05, 0) is 32.4 Å². The Morgan fingerprint density at radius 1 is 1.29 bits per heavy atom. The molecule has 1 aliphatic rings. The van der Waals surface area contributed by atoms with Crippen molar-refractivity contribution in [3.63, 3.8) is 0 Å². The molecule has 126 valence electrons. The van der Waals surface area contributed by atoms with Gasteiger partial charge in [-0.1, -0.05) is 12.2 Å². The lowest BCUT2D eigenvalue weighted by Crippen LogP contribution is -2.31. The third-order valence-corrected chi connectivity index (χ3v) is 4.37. The second-order valence-electron chi connectivity index (χ2n) is 5.73. The summed E-state index contributed by atoms with van der Waals surface area (Å²) in [7, 11) is 0. The Morgan fingerprint density at radius 2 is 2.04 bits per heavy atom. The molecule has 0 amide bonds. The van der Waals surface area contributed by atoms with Crippen molar-refractivity contribution in [2.24, 2.45) is 5.73 Å². The van der Waals surface area contributed by atoms with E-state index in [0.29, 0.717) is 11.1 Å². The van der Waals surface area contributed by atoms with Crippen LogP contribution in [-0.4, -0.2) is 46.8 Å². The molecule has 1 aliphatic heterocycles. The summed E-state index contributed by atoms with van der Waals surface area (Å²) < 4.78 is 0. The number of nitriles is 1. The highest BCUT2D eigenvalue weighted by molar-refractivity contribution is 7.80. The minimum absolute atomic E-state index is 0.0126. The van der Waals surface area contributed by atoms with Crippen LogP contribution >= 0.6 is 12.2 Å². The largest absolute Gasteiger partial charge is 0.389 e. The van der Waals surface area contributed by atoms with Crippen LogP contribution in [0.5, 0.6) is 0 Å². The Bertz CT molecular complexity index is 705. The maximum Gasteiger partial charge on any atom is 0.161 e. The second-order valence-corrected chi connectivity index (χ2v) is 6.17. The third-order valence-electron chi connectivity index (χ3n) is 4.17. The van der Waals surface area contributed by atoms with Crippen LogP contribution < -0.4 is 10.6 Å². The predicted molar refractivity (Wildman–Crippen MR) is 97.7 cm³/mol. The first-order chi connectivity index (χ1) is 11.4. The first-order valence-corrected chi connectivity index (χ1v) is 8.22. The number of Topliss-reactive ketones (excluding diaryl/α,β-unsaturated/α-hetero) is 1. The molecule has 24 heavy (non-hydrogen) atoms. The van der Waals surface area contributed by atoms with Gasteiger partial charge in [-0.25, -0.2) is 4.98 Å². The van der Waals surface area contributed by atoms with Crippen LogP contribution in [0.3, 0.4) is 0 Å². The fourth-order valence-corrected chi connectivity index (χ4v) is 2.93. The maximum absolute atomic E-state index is 11.3. The fourth-order valence-electron chi connectivity index (χ4n) is 2.74. The van der Waals surface area contributed by atoms with Gasteiger partial charge < -0.3 is 15.5 Å². The van der Waals surface area contributed by atoms with Crippen LogP contribution in [0.2, 0.25) is 0 Å². The van der Waals surface area contributed by atoms with Gasteiger partial charge >= 0.3 is 0 Å². The van der Waals surface area contributed by atoms with Gasteiger partial charge in [0.15, 0.2) is 5.78 Å². The number of carbonyl (C=O) groups is 1. The summed E-state index contributed by atoms with van der Waals surface area (Å²) in [4.78, 5) is 20.2. The molecule has 2 N–H and O–H groups in total. The predicted octanol–water partition coefficient (Wildman–Crippen LogP) is 1.88. The average molecular weight is 343 g/mol. The van der Waals surface area contributed by atoms with Crippen molar-refractivity contribution in [2.75, 3.05) is 31.1 Å². The van der Waals surface area contributed by atoms with Crippen molar-refractivity contribution in [1.29, 1.82) is 5.26 Å². The molecule has 1 aromatic heterocycles. The quantitative estimate of drug-likeness (QED) is 0.386. The summed E-state index contributed by atoms with van der Waals surface area (Å²) in [6, 6.07) is 5.78. The summed E-state index contributed by atoms with van der Waals surface area (Å²) >= 11 is 4.95. The Balaban J connectivity index is 2.11. The van der Waals surface area contributed by atoms with Gasteiger partial charge in [0.1, 0.15) is 22.4 Å². The van der Waals surface area contributed by atoms with Gasteiger partial charge in [0.25, 0.3) is 0 Å². The zero-order valence-corrected chi connectivity index (χ0v) is 14.8. The van der Waals surface area contributed by atoms with Crippen LogP contribution in [-0.2, 0) is 0 Å². The molecule has 0 aromatic carbocycles. The van der Waals surface area contributed by atoms with Gasteiger partial charge in [-0.15, -0.1) is 0 Å². The molecule has 1 saturated heterocycles. The van der Waals surface area contributed by atoms with Gasteiger partial charge in [0.2, 0.25) is 0 Å². The Kier molecular flexibility index (Phi) is 5.88. The summed E-state index contributed by atoms with van der Waals surface area (Å²) in [6.07, 6.45) is 2.55. The van der Waals surface area contributed by atoms with Crippen molar-refractivity contribution >= 4 is 28.8 Å². The normalized spacial score (nSPS) is 16.0. The van der Waals surface area contributed by atoms with E-state index in [1.54, 1.807) is 12.3 Å². The zero-order valence-electron chi connectivity index (χ0n) is 14.0. The number of carbonyl (C=O) groups excluding carboxylic acids is 1. The van der Waals surface area contributed by atoms with E-state index in [-0.39, 0.29) is 10.8 Å². The highest BCUT2D eigenvalue weighted by atomic mass is 32.1. The summed E-state index contributed by atoms with van der Waals surface area (Å²) in [5.74, 6) is 0.872. The third kappa shape index (κ3) is 4.09. The van der Waals surface area contributed by atoms with E-state index in [0.717, 1.165) is 44.1 Å². The standard InChI is InChI=1S/C17H21N5OS/c1-12(15(10-18)17(19)24)21-6-3-7-22(9-8-21)16-5-4-14(11-20-16)13(2)23/h4-5,11H,3,6-9H2,1-2H3,(H2,19,24). The molecule has 0 saturated carbocycles. The molecule has 6 nitrogen and oxygen atoms in total.